The number of hydrogen-bond donors (Lipinski definition) is 1. The largest absolute Gasteiger partial charge is 0.464 e. The van der Waals surface area contributed by atoms with Gasteiger partial charge in [-0.2, -0.15) is 0 Å². The lowest BCUT2D eigenvalue weighted by Crippen LogP contribution is -2.41. The van der Waals surface area contributed by atoms with Gasteiger partial charge in [-0.15, -0.1) is 0 Å². The standard InChI is InChI=1S/C16H24N2O6/c1-2-22-14(20)12-13(19)18(15(21)17-12)9-11-10-23-16(24-11)7-5-3-4-6-8-16/h11-12H,2-10H2,1H3,(H,17,21). The van der Waals surface area contributed by atoms with E-state index in [0.717, 1.165) is 30.6 Å². The van der Waals surface area contributed by atoms with Crippen LogP contribution in [-0.2, 0) is 23.8 Å². The van der Waals surface area contributed by atoms with Gasteiger partial charge in [-0.05, 0) is 19.8 Å². The van der Waals surface area contributed by atoms with Gasteiger partial charge in [-0.3, -0.25) is 9.69 Å². The minimum Gasteiger partial charge on any atom is -0.464 e. The molecule has 24 heavy (non-hydrogen) atoms. The number of esters is 1. The van der Waals surface area contributed by atoms with E-state index in [-0.39, 0.29) is 19.3 Å². The van der Waals surface area contributed by atoms with E-state index < -0.39 is 29.7 Å². The maximum absolute atomic E-state index is 12.3. The second-order valence-electron chi connectivity index (χ2n) is 6.46. The smallest absolute Gasteiger partial charge is 0.338 e. The minimum atomic E-state index is -1.26. The average molecular weight is 340 g/mol. The predicted molar refractivity (Wildman–Crippen MR) is 81.9 cm³/mol. The Morgan fingerprint density at radius 3 is 2.67 bits per heavy atom. The number of amides is 3. The van der Waals surface area contributed by atoms with Crippen LogP contribution in [0.15, 0.2) is 0 Å². The van der Waals surface area contributed by atoms with Gasteiger partial charge in [0.15, 0.2) is 5.79 Å². The zero-order valence-electron chi connectivity index (χ0n) is 13.9. The molecule has 2 unspecified atom stereocenters. The van der Waals surface area contributed by atoms with Crippen molar-refractivity contribution in [3.63, 3.8) is 0 Å². The van der Waals surface area contributed by atoms with Crippen molar-refractivity contribution < 1.29 is 28.6 Å². The predicted octanol–water partition coefficient (Wildman–Crippen LogP) is 0.936. The molecule has 2 aliphatic heterocycles. The van der Waals surface area contributed by atoms with Crippen molar-refractivity contribution in [2.24, 2.45) is 0 Å². The van der Waals surface area contributed by atoms with Gasteiger partial charge in [0.1, 0.15) is 6.10 Å². The van der Waals surface area contributed by atoms with Gasteiger partial charge < -0.3 is 19.5 Å². The first kappa shape index (κ1) is 17.2. The highest BCUT2D eigenvalue weighted by atomic mass is 16.7. The van der Waals surface area contributed by atoms with Gasteiger partial charge in [0.05, 0.1) is 19.8 Å². The van der Waals surface area contributed by atoms with E-state index in [2.05, 4.69) is 5.32 Å². The van der Waals surface area contributed by atoms with E-state index in [1.165, 1.54) is 12.8 Å². The summed E-state index contributed by atoms with van der Waals surface area (Å²) >= 11 is 0. The summed E-state index contributed by atoms with van der Waals surface area (Å²) < 4.78 is 16.8. The van der Waals surface area contributed by atoms with Crippen LogP contribution >= 0.6 is 0 Å². The third-order valence-electron chi connectivity index (χ3n) is 4.71. The number of rotatable bonds is 4. The number of carbonyl (C=O) groups is 3. The SMILES string of the molecule is CCOC(=O)C1NC(=O)N(CC2COC3(CCCCCC3)O2)C1=O. The number of carbonyl (C=O) groups excluding carboxylic acids is 3. The lowest BCUT2D eigenvalue weighted by atomic mass is 10.1. The van der Waals surface area contributed by atoms with Crippen molar-refractivity contribution >= 4 is 17.9 Å². The van der Waals surface area contributed by atoms with Crippen molar-refractivity contribution in [3.8, 4) is 0 Å². The van der Waals surface area contributed by atoms with Crippen LogP contribution in [0.25, 0.3) is 0 Å². The molecule has 8 nitrogen and oxygen atoms in total. The molecule has 8 heteroatoms. The van der Waals surface area contributed by atoms with E-state index in [1.807, 2.05) is 0 Å². The summed E-state index contributed by atoms with van der Waals surface area (Å²) in [6.45, 7) is 2.23. The first-order chi connectivity index (χ1) is 11.5. The molecule has 1 spiro atoms. The maximum Gasteiger partial charge on any atom is 0.338 e. The number of nitrogens with zero attached hydrogens (tertiary/aromatic N) is 1. The molecular formula is C16H24N2O6. The molecule has 134 valence electrons. The van der Waals surface area contributed by atoms with Crippen molar-refractivity contribution in [3.05, 3.63) is 0 Å². The highest BCUT2D eigenvalue weighted by molar-refractivity contribution is 6.14. The molecule has 3 rings (SSSR count). The lowest BCUT2D eigenvalue weighted by Gasteiger charge is -2.27. The first-order valence-electron chi connectivity index (χ1n) is 8.65. The van der Waals surface area contributed by atoms with E-state index in [9.17, 15) is 14.4 Å². The summed E-state index contributed by atoms with van der Waals surface area (Å²) in [4.78, 5) is 37.0. The van der Waals surface area contributed by atoms with Crippen molar-refractivity contribution in [2.75, 3.05) is 19.8 Å². The molecule has 2 heterocycles. The normalized spacial score (nSPS) is 29.6. The van der Waals surface area contributed by atoms with Gasteiger partial charge in [-0.25, -0.2) is 9.59 Å². The van der Waals surface area contributed by atoms with Gasteiger partial charge in [0, 0.05) is 12.8 Å². The third kappa shape index (κ3) is 3.39. The van der Waals surface area contributed by atoms with Crippen LogP contribution in [-0.4, -0.2) is 60.5 Å². The molecular weight excluding hydrogens is 316 g/mol. The van der Waals surface area contributed by atoms with E-state index >= 15 is 0 Å². The molecule has 2 saturated heterocycles. The Hall–Kier alpha value is -1.67. The van der Waals surface area contributed by atoms with Crippen LogP contribution in [0.1, 0.15) is 45.4 Å². The Bertz CT molecular complexity index is 515. The second-order valence-corrected chi connectivity index (χ2v) is 6.46. The Balaban J connectivity index is 1.59. The molecule has 0 radical (unpaired) electrons. The zero-order chi connectivity index (χ0) is 17.2. The summed E-state index contributed by atoms with van der Waals surface area (Å²) in [7, 11) is 0. The average Bonchev–Trinajstić information content (AvgIpc) is 2.96. The Morgan fingerprint density at radius 2 is 2.00 bits per heavy atom. The van der Waals surface area contributed by atoms with Crippen LogP contribution < -0.4 is 5.32 Å². The first-order valence-corrected chi connectivity index (χ1v) is 8.65. The molecule has 0 bridgehead atoms. The molecule has 2 atom stereocenters. The van der Waals surface area contributed by atoms with Gasteiger partial charge in [0.25, 0.3) is 5.91 Å². The van der Waals surface area contributed by atoms with Gasteiger partial charge >= 0.3 is 12.0 Å². The number of hydrogen-bond acceptors (Lipinski definition) is 6. The summed E-state index contributed by atoms with van der Waals surface area (Å²) in [6.07, 6.45) is 5.78. The molecule has 3 fully saturated rings. The van der Waals surface area contributed by atoms with Crippen LogP contribution in [0.3, 0.4) is 0 Å². The van der Waals surface area contributed by atoms with E-state index in [0.29, 0.717) is 6.61 Å². The Labute approximate surface area is 140 Å². The van der Waals surface area contributed by atoms with Gasteiger partial charge in [-0.1, -0.05) is 12.8 Å². The second kappa shape index (κ2) is 7.06. The third-order valence-corrected chi connectivity index (χ3v) is 4.71. The quantitative estimate of drug-likeness (QED) is 0.465. The van der Waals surface area contributed by atoms with Crippen LogP contribution in [0, 0.1) is 0 Å². The highest BCUT2D eigenvalue weighted by Gasteiger charge is 2.47. The molecule has 0 aromatic rings. The number of urea groups is 1. The fourth-order valence-corrected chi connectivity index (χ4v) is 3.52. The molecule has 0 aromatic carbocycles. The Morgan fingerprint density at radius 1 is 1.29 bits per heavy atom. The number of imide groups is 1. The molecule has 3 amide bonds. The molecule has 1 N–H and O–H groups in total. The zero-order valence-corrected chi connectivity index (χ0v) is 13.9. The number of nitrogens with one attached hydrogen (secondary N) is 1. The Kier molecular flexibility index (Phi) is 5.05. The monoisotopic (exact) mass is 340 g/mol. The van der Waals surface area contributed by atoms with Crippen LogP contribution in [0.2, 0.25) is 0 Å². The summed E-state index contributed by atoms with van der Waals surface area (Å²) in [5.41, 5.74) is 0. The maximum atomic E-state index is 12.3. The summed E-state index contributed by atoms with van der Waals surface area (Å²) in [5.74, 6) is -1.90. The fraction of sp³-hybridized carbons (Fsp3) is 0.812. The van der Waals surface area contributed by atoms with Crippen molar-refractivity contribution in [1.29, 1.82) is 0 Å². The molecule has 0 aromatic heterocycles. The van der Waals surface area contributed by atoms with Crippen molar-refractivity contribution in [2.45, 2.75) is 63.4 Å². The number of ether oxygens (including phenoxy) is 3. The summed E-state index contributed by atoms with van der Waals surface area (Å²) in [5, 5.41) is 2.36. The minimum absolute atomic E-state index is 0.0856. The summed E-state index contributed by atoms with van der Waals surface area (Å²) in [6, 6.07) is -1.85. The van der Waals surface area contributed by atoms with Crippen LogP contribution in [0.5, 0.6) is 0 Å². The molecule has 3 aliphatic rings. The van der Waals surface area contributed by atoms with E-state index in [1.54, 1.807) is 6.92 Å². The lowest BCUT2D eigenvalue weighted by molar-refractivity contribution is -0.177. The van der Waals surface area contributed by atoms with Gasteiger partial charge in [0.2, 0.25) is 6.04 Å². The fourth-order valence-electron chi connectivity index (χ4n) is 3.52. The highest BCUT2D eigenvalue weighted by Crippen LogP contribution is 2.37. The van der Waals surface area contributed by atoms with Crippen molar-refractivity contribution in [1.82, 2.24) is 10.2 Å². The topological polar surface area (TPSA) is 94.2 Å². The molecule has 1 aliphatic carbocycles. The molecule has 1 saturated carbocycles. The van der Waals surface area contributed by atoms with Crippen LogP contribution in [0.4, 0.5) is 4.79 Å². The van der Waals surface area contributed by atoms with E-state index in [4.69, 9.17) is 14.2 Å².